The van der Waals surface area contributed by atoms with Crippen LogP contribution in [0, 0.1) is 0 Å². The maximum Gasteiger partial charge on any atom is 0.178 e. The second-order valence-electron chi connectivity index (χ2n) is 6.64. The molecule has 0 spiro atoms. The Morgan fingerprint density at radius 2 is 2.19 bits per heavy atom. The number of rotatable bonds is 8. The molecule has 6 nitrogen and oxygen atoms in total. The summed E-state index contributed by atoms with van der Waals surface area (Å²) in [5.41, 5.74) is 1.49. The molecule has 1 atom stereocenters. The molecule has 3 aromatic heterocycles. The Morgan fingerprint density at radius 3 is 3.04 bits per heavy atom. The van der Waals surface area contributed by atoms with Gasteiger partial charge in [-0.15, -0.1) is 11.3 Å². The van der Waals surface area contributed by atoms with Gasteiger partial charge in [-0.2, -0.15) is 0 Å². The Bertz CT molecular complexity index is 1000. The number of ether oxygens (including phenoxy) is 1. The third kappa shape index (κ3) is 4.21. The van der Waals surface area contributed by atoms with E-state index in [-0.39, 0.29) is 6.61 Å². The first kappa shape index (κ1) is 17.8. The van der Waals surface area contributed by atoms with E-state index in [9.17, 15) is 5.11 Å². The van der Waals surface area contributed by atoms with Gasteiger partial charge < -0.3 is 24.1 Å². The largest absolute Gasteiger partial charge is 0.491 e. The summed E-state index contributed by atoms with van der Waals surface area (Å²) in [6.45, 7) is 2.84. The molecule has 140 valence electrons. The lowest BCUT2D eigenvalue weighted by Gasteiger charge is -2.24. The molecule has 0 unspecified atom stereocenters. The molecule has 0 fully saturated rings. The van der Waals surface area contributed by atoms with Crippen LogP contribution in [0.5, 0.6) is 5.75 Å². The molecule has 0 aliphatic rings. The van der Waals surface area contributed by atoms with Crippen LogP contribution in [0.25, 0.3) is 21.5 Å². The minimum atomic E-state index is -1.02. The first-order chi connectivity index (χ1) is 13.1. The van der Waals surface area contributed by atoms with Gasteiger partial charge in [0.25, 0.3) is 0 Å². The van der Waals surface area contributed by atoms with Crippen LogP contribution in [0.15, 0.2) is 63.0 Å². The Hall–Kier alpha value is -2.61. The van der Waals surface area contributed by atoms with Crippen LogP contribution in [0.3, 0.4) is 0 Å². The van der Waals surface area contributed by atoms with E-state index in [1.807, 2.05) is 47.8 Å². The van der Waals surface area contributed by atoms with Gasteiger partial charge in [0, 0.05) is 12.1 Å². The average molecular weight is 384 g/mol. The fourth-order valence-corrected chi connectivity index (χ4v) is 3.57. The maximum atomic E-state index is 10.5. The molecule has 0 aliphatic heterocycles. The first-order valence-electron chi connectivity index (χ1n) is 8.62. The molecule has 0 aliphatic carbocycles. The van der Waals surface area contributed by atoms with Crippen LogP contribution < -0.4 is 10.1 Å². The van der Waals surface area contributed by atoms with Gasteiger partial charge in [0.1, 0.15) is 34.1 Å². The van der Waals surface area contributed by atoms with Gasteiger partial charge in [-0.05, 0) is 42.6 Å². The quantitative estimate of drug-likeness (QED) is 0.477. The fraction of sp³-hybridized carbons (Fsp3) is 0.250. The Kier molecular flexibility index (Phi) is 4.98. The van der Waals surface area contributed by atoms with Crippen LogP contribution in [0.1, 0.15) is 12.7 Å². The maximum absolute atomic E-state index is 10.5. The molecule has 3 heterocycles. The van der Waals surface area contributed by atoms with E-state index in [2.05, 4.69) is 10.5 Å². The van der Waals surface area contributed by atoms with E-state index < -0.39 is 5.60 Å². The molecule has 4 rings (SSSR count). The molecule has 4 aromatic rings. The zero-order valence-corrected chi connectivity index (χ0v) is 15.7. The first-order valence-corrected chi connectivity index (χ1v) is 9.50. The van der Waals surface area contributed by atoms with Crippen molar-refractivity contribution in [2.75, 3.05) is 13.2 Å². The lowest BCUT2D eigenvalue weighted by Crippen LogP contribution is -2.42. The van der Waals surface area contributed by atoms with Gasteiger partial charge in [0.2, 0.25) is 0 Å². The van der Waals surface area contributed by atoms with Gasteiger partial charge in [0.15, 0.2) is 5.58 Å². The Labute approximate surface area is 160 Å². The molecule has 0 saturated heterocycles. The number of aliphatic hydroxyl groups is 1. The van der Waals surface area contributed by atoms with Crippen molar-refractivity contribution < 1.29 is 18.8 Å². The molecular weight excluding hydrogens is 364 g/mol. The van der Waals surface area contributed by atoms with Crippen LogP contribution in [0.4, 0.5) is 0 Å². The number of benzene rings is 1. The second-order valence-corrected chi connectivity index (χ2v) is 7.56. The fourth-order valence-electron chi connectivity index (χ4n) is 2.75. The number of furan rings is 1. The topological polar surface area (TPSA) is 80.7 Å². The second kappa shape index (κ2) is 7.56. The van der Waals surface area contributed by atoms with Crippen LogP contribution in [-0.2, 0) is 6.54 Å². The number of thiophene rings is 1. The number of aromatic nitrogens is 1. The van der Waals surface area contributed by atoms with Crippen LogP contribution in [-0.4, -0.2) is 29.0 Å². The smallest absolute Gasteiger partial charge is 0.178 e. The monoisotopic (exact) mass is 384 g/mol. The van der Waals surface area contributed by atoms with Crippen LogP contribution >= 0.6 is 11.3 Å². The van der Waals surface area contributed by atoms with E-state index in [0.717, 1.165) is 27.3 Å². The van der Waals surface area contributed by atoms with Crippen molar-refractivity contribution in [1.82, 2.24) is 10.5 Å². The lowest BCUT2D eigenvalue weighted by atomic mass is 10.1. The highest BCUT2D eigenvalue weighted by atomic mass is 32.1. The zero-order chi connectivity index (χ0) is 18.7. The van der Waals surface area contributed by atoms with E-state index in [0.29, 0.717) is 18.8 Å². The Morgan fingerprint density at radius 1 is 1.26 bits per heavy atom. The number of nitrogens with one attached hydrogen (secondary N) is 1. The van der Waals surface area contributed by atoms with Crippen molar-refractivity contribution in [3.05, 3.63) is 59.9 Å². The van der Waals surface area contributed by atoms with Crippen molar-refractivity contribution in [3.63, 3.8) is 0 Å². The highest BCUT2D eigenvalue weighted by Gasteiger charge is 2.21. The van der Waals surface area contributed by atoms with E-state index in [1.54, 1.807) is 24.5 Å². The molecule has 0 amide bonds. The summed E-state index contributed by atoms with van der Waals surface area (Å²) in [5.74, 6) is 1.50. The number of fused-ring (bicyclic) bond motifs is 1. The molecule has 0 bridgehead atoms. The predicted molar refractivity (Wildman–Crippen MR) is 104 cm³/mol. The summed E-state index contributed by atoms with van der Waals surface area (Å²) in [5, 5.41) is 19.8. The predicted octanol–water partition coefficient (Wildman–Crippen LogP) is 4.07. The van der Waals surface area contributed by atoms with Crippen molar-refractivity contribution in [2.45, 2.75) is 19.1 Å². The normalized spacial score (nSPS) is 13.7. The van der Waals surface area contributed by atoms with Gasteiger partial charge >= 0.3 is 0 Å². The highest BCUT2D eigenvalue weighted by Crippen LogP contribution is 2.33. The summed E-state index contributed by atoms with van der Waals surface area (Å²) < 4.78 is 17.4. The SMILES string of the molecule is C[C@](O)(CNCc1ccco1)COc1cccc(-c2noc3ccsc23)c1. The number of nitrogens with zero attached hydrogens (tertiary/aromatic N) is 1. The van der Waals surface area contributed by atoms with Crippen molar-refractivity contribution in [2.24, 2.45) is 0 Å². The molecule has 0 saturated carbocycles. The summed E-state index contributed by atoms with van der Waals surface area (Å²) in [6.07, 6.45) is 1.63. The summed E-state index contributed by atoms with van der Waals surface area (Å²) in [4.78, 5) is 0. The molecular formula is C20H20N2O4S. The zero-order valence-electron chi connectivity index (χ0n) is 14.8. The Balaban J connectivity index is 1.37. The summed E-state index contributed by atoms with van der Waals surface area (Å²) in [7, 11) is 0. The molecule has 7 heteroatoms. The number of hydrogen-bond donors (Lipinski definition) is 2. The van der Waals surface area contributed by atoms with E-state index >= 15 is 0 Å². The molecule has 2 N–H and O–H groups in total. The average Bonchev–Trinajstić information content (AvgIpc) is 3.38. The highest BCUT2D eigenvalue weighted by molar-refractivity contribution is 7.17. The number of hydrogen-bond acceptors (Lipinski definition) is 7. The van der Waals surface area contributed by atoms with Gasteiger partial charge in [-0.3, -0.25) is 0 Å². The van der Waals surface area contributed by atoms with Gasteiger partial charge in [0.05, 0.1) is 12.8 Å². The van der Waals surface area contributed by atoms with Crippen molar-refractivity contribution in [3.8, 4) is 17.0 Å². The summed E-state index contributed by atoms with van der Waals surface area (Å²) >= 11 is 1.59. The minimum Gasteiger partial charge on any atom is -0.491 e. The van der Waals surface area contributed by atoms with Crippen LogP contribution in [0.2, 0.25) is 0 Å². The molecule has 27 heavy (non-hydrogen) atoms. The minimum absolute atomic E-state index is 0.162. The van der Waals surface area contributed by atoms with Crippen molar-refractivity contribution >= 4 is 21.6 Å². The summed E-state index contributed by atoms with van der Waals surface area (Å²) in [6, 6.07) is 13.3. The standard InChI is InChI=1S/C20H20N2O4S/c1-20(23,12-21-11-16-6-3-8-24-16)13-25-15-5-2-4-14(10-15)18-19-17(26-22-18)7-9-27-19/h2-10,21,23H,11-13H2,1H3/t20-/m0/s1. The van der Waals surface area contributed by atoms with Crippen molar-refractivity contribution in [1.29, 1.82) is 0 Å². The third-order valence-corrected chi connectivity index (χ3v) is 5.02. The van der Waals surface area contributed by atoms with Gasteiger partial charge in [-0.1, -0.05) is 17.3 Å². The molecule has 0 radical (unpaired) electrons. The van der Waals surface area contributed by atoms with E-state index in [1.165, 1.54) is 0 Å². The third-order valence-electron chi connectivity index (χ3n) is 4.12. The lowest BCUT2D eigenvalue weighted by molar-refractivity contribution is 0.0118. The van der Waals surface area contributed by atoms with Gasteiger partial charge in [-0.25, -0.2) is 0 Å². The molecule has 1 aromatic carbocycles. The van der Waals surface area contributed by atoms with E-state index in [4.69, 9.17) is 13.7 Å².